The Morgan fingerprint density at radius 1 is 1.56 bits per heavy atom. The molecule has 0 bridgehead atoms. The Kier molecular flexibility index (Phi) is 3.87. The predicted molar refractivity (Wildman–Crippen MR) is 71.3 cm³/mol. The number of amides is 1. The van der Waals surface area contributed by atoms with E-state index in [-0.39, 0.29) is 5.91 Å². The number of aryl methyl sites for hydroxylation is 1. The summed E-state index contributed by atoms with van der Waals surface area (Å²) >= 11 is 1.62. The van der Waals surface area contributed by atoms with E-state index in [0.29, 0.717) is 5.25 Å². The van der Waals surface area contributed by atoms with Crippen molar-refractivity contribution in [3.63, 3.8) is 0 Å². The van der Waals surface area contributed by atoms with Gasteiger partial charge in [-0.2, -0.15) is 0 Å². The maximum absolute atomic E-state index is 11.5. The predicted octanol–water partition coefficient (Wildman–Crippen LogP) is 0.873. The van der Waals surface area contributed by atoms with Gasteiger partial charge in [0.25, 0.3) is 0 Å². The van der Waals surface area contributed by atoms with Crippen LogP contribution in [0.1, 0.15) is 24.8 Å². The van der Waals surface area contributed by atoms with Crippen LogP contribution in [0.15, 0.2) is 17.6 Å². The van der Waals surface area contributed by atoms with Gasteiger partial charge in [0.05, 0.1) is 5.54 Å². The highest BCUT2D eigenvalue weighted by Gasteiger charge is 2.43. The van der Waals surface area contributed by atoms with Crippen LogP contribution in [-0.2, 0) is 4.79 Å². The second kappa shape index (κ2) is 5.24. The van der Waals surface area contributed by atoms with Crippen LogP contribution < -0.4 is 11.1 Å². The molecule has 2 rings (SSSR count). The molecule has 2 unspecified atom stereocenters. The molecule has 98 valence electrons. The molecule has 1 aromatic rings. The number of rotatable bonds is 4. The minimum absolute atomic E-state index is 0.266. The van der Waals surface area contributed by atoms with Gasteiger partial charge in [-0.25, -0.2) is 9.97 Å². The van der Waals surface area contributed by atoms with E-state index in [0.717, 1.165) is 30.0 Å². The molecule has 6 heteroatoms. The topological polar surface area (TPSA) is 80.9 Å². The summed E-state index contributed by atoms with van der Waals surface area (Å²) in [5, 5.41) is 4.18. The highest BCUT2D eigenvalue weighted by atomic mass is 32.2. The van der Waals surface area contributed by atoms with Crippen LogP contribution in [0.2, 0.25) is 0 Å². The van der Waals surface area contributed by atoms with Gasteiger partial charge in [-0.15, -0.1) is 0 Å². The monoisotopic (exact) mass is 266 g/mol. The smallest absolute Gasteiger partial charge is 0.237 e. The Morgan fingerprint density at radius 3 is 2.72 bits per heavy atom. The first kappa shape index (κ1) is 13.3. The summed E-state index contributed by atoms with van der Waals surface area (Å²) in [4.78, 5) is 20.1. The molecule has 3 N–H and O–H groups in total. The number of thioether (sulfide) groups is 1. The maximum atomic E-state index is 11.5. The van der Waals surface area contributed by atoms with E-state index >= 15 is 0 Å². The van der Waals surface area contributed by atoms with Gasteiger partial charge in [0, 0.05) is 17.6 Å². The minimum Gasteiger partial charge on any atom is -0.368 e. The van der Waals surface area contributed by atoms with Crippen LogP contribution in [0.25, 0.3) is 0 Å². The lowest BCUT2D eigenvalue weighted by Crippen LogP contribution is -2.52. The Balaban J connectivity index is 2.01. The first-order chi connectivity index (χ1) is 8.55. The third-order valence-corrected chi connectivity index (χ3v) is 4.61. The molecule has 1 amide bonds. The lowest BCUT2D eigenvalue weighted by Gasteiger charge is -2.24. The molecule has 2 atom stereocenters. The second-order valence-corrected chi connectivity index (χ2v) is 5.99. The zero-order valence-electron chi connectivity index (χ0n) is 10.6. The van der Waals surface area contributed by atoms with Crippen molar-refractivity contribution in [2.24, 2.45) is 5.73 Å². The highest BCUT2D eigenvalue weighted by molar-refractivity contribution is 7.99. The van der Waals surface area contributed by atoms with Crippen molar-refractivity contribution in [3.8, 4) is 0 Å². The molecule has 0 spiro atoms. The van der Waals surface area contributed by atoms with E-state index in [1.807, 2.05) is 19.3 Å². The SMILES string of the molecule is CNC1(C(N)=O)CCC(Sc2ncc(C)cn2)C1. The van der Waals surface area contributed by atoms with Gasteiger partial charge in [-0.1, -0.05) is 11.8 Å². The Morgan fingerprint density at radius 2 is 2.22 bits per heavy atom. The zero-order valence-corrected chi connectivity index (χ0v) is 11.5. The number of primary amides is 1. The van der Waals surface area contributed by atoms with Crippen LogP contribution in [0.5, 0.6) is 0 Å². The number of nitrogens with one attached hydrogen (secondary N) is 1. The third kappa shape index (κ3) is 2.64. The summed E-state index contributed by atoms with van der Waals surface area (Å²) in [6.07, 6.45) is 6.09. The van der Waals surface area contributed by atoms with E-state index in [2.05, 4.69) is 15.3 Å². The van der Waals surface area contributed by atoms with E-state index in [9.17, 15) is 4.79 Å². The van der Waals surface area contributed by atoms with E-state index in [4.69, 9.17) is 5.73 Å². The van der Waals surface area contributed by atoms with Crippen LogP contribution in [0.3, 0.4) is 0 Å². The van der Waals surface area contributed by atoms with Gasteiger partial charge in [0.15, 0.2) is 5.16 Å². The van der Waals surface area contributed by atoms with Crippen LogP contribution in [0.4, 0.5) is 0 Å². The first-order valence-electron chi connectivity index (χ1n) is 6.00. The maximum Gasteiger partial charge on any atom is 0.237 e. The Hall–Kier alpha value is -1.14. The van der Waals surface area contributed by atoms with E-state index in [1.165, 1.54) is 0 Å². The van der Waals surface area contributed by atoms with Crippen molar-refractivity contribution in [1.82, 2.24) is 15.3 Å². The number of carbonyl (C=O) groups excluding carboxylic acids is 1. The standard InChI is InChI=1S/C12H18N4OS/c1-8-6-15-11(16-7-8)18-9-3-4-12(5-9,14-2)10(13)17/h6-7,9,14H,3-5H2,1-2H3,(H2,13,17). The number of carbonyl (C=O) groups is 1. The minimum atomic E-state index is -0.553. The first-order valence-corrected chi connectivity index (χ1v) is 6.88. The molecular formula is C12H18N4OS. The van der Waals surface area contributed by atoms with Crippen molar-refractivity contribution in [2.75, 3.05) is 7.05 Å². The highest BCUT2D eigenvalue weighted by Crippen LogP contribution is 2.38. The molecule has 18 heavy (non-hydrogen) atoms. The van der Waals surface area contributed by atoms with Gasteiger partial charge in [-0.3, -0.25) is 4.79 Å². The molecule has 5 nitrogen and oxygen atoms in total. The normalized spacial score (nSPS) is 27.3. The second-order valence-electron chi connectivity index (χ2n) is 4.72. The molecular weight excluding hydrogens is 248 g/mol. The number of aromatic nitrogens is 2. The van der Waals surface area contributed by atoms with E-state index < -0.39 is 5.54 Å². The fourth-order valence-corrected chi connectivity index (χ4v) is 3.39. The number of likely N-dealkylation sites (N-methyl/N-ethyl adjacent to an activating group) is 1. The van der Waals surface area contributed by atoms with Crippen molar-refractivity contribution in [2.45, 2.75) is 42.1 Å². The fourth-order valence-electron chi connectivity index (χ4n) is 2.27. The number of nitrogens with zero attached hydrogens (tertiary/aromatic N) is 2. The average Bonchev–Trinajstić information content (AvgIpc) is 2.77. The molecule has 1 aliphatic rings. The largest absolute Gasteiger partial charge is 0.368 e. The van der Waals surface area contributed by atoms with Crippen LogP contribution >= 0.6 is 11.8 Å². The summed E-state index contributed by atoms with van der Waals surface area (Å²) < 4.78 is 0. The number of hydrogen-bond acceptors (Lipinski definition) is 5. The number of hydrogen-bond donors (Lipinski definition) is 2. The van der Waals surface area contributed by atoms with E-state index in [1.54, 1.807) is 18.8 Å². The Labute approximate surface area is 111 Å². The van der Waals surface area contributed by atoms with Gasteiger partial charge < -0.3 is 11.1 Å². The van der Waals surface area contributed by atoms with Crippen molar-refractivity contribution in [3.05, 3.63) is 18.0 Å². The summed E-state index contributed by atoms with van der Waals surface area (Å²) in [5.41, 5.74) is 5.97. The van der Waals surface area contributed by atoms with Crippen LogP contribution in [-0.4, -0.2) is 33.7 Å². The molecule has 1 saturated carbocycles. The summed E-state index contributed by atoms with van der Waals surface area (Å²) in [7, 11) is 1.79. The average molecular weight is 266 g/mol. The third-order valence-electron chi connectivity index (χ3n) is 3.45. The molecule has 1 fully saturated rings. The molecule has 0 radical (unpaired) electrons. The lowest BCUT2D eigenvalue weighted by molar-refractivity contribution is -0.124. The van der Waals surface area contributed by atoms with Gasteiger partial charge >= 0.3 is 0 Å². The molecule has 0 aromatic carbocycles. The lowest BCUT2D eigenvalue weighted by atomic mass is 9.97. The van der Waals surface area contributed by atoms with Gasteiger partial charge in [0.2, 0.25) is 5.91 Å². The summed E-state index contributed by atoms with van der Waals surface area (Å²) in [6, 6.07) is 0. The number of nitrogens with two attached hydrogens (primary N) is 1. The van der Waals surface area contributed by atoms with Gasteiger partial charge in [0.1, 0.15) is 0 Å². The quantitative estimate of drug-likeness (QED) is 0.790. The summed E-state index contributed by atoms with van der Waals surface area (Å²) in [5.74, 6) is -0.266. The molecule has 1 aromatic heterocycles. The Bertz CT molecular complexity index is 436. The zero-order chi connectivity index (χ0) is 13.2. The fraction of sp³-hybridized carbons (Fsp3) is 0.583. The summed E-state index contributed by atoms with van der Waals surface area (Å²) in [6.45, 7) is 1.96. The van der Waals surface area contributed by atoms with Crippen molar-refractivity contribution < 1.29 is 4.79 Å². The molecule has 0 saturated heterocycles. The van der Waals surface area contributed by atoms with Gasteiger partial charge in [-0.05, 0) is 38.8 Å². The van der Waals surface area contributed by atoms with Crippen LogP contribution in [0, 0.1) is 6.92 Å². The van der Waals surface area contributed by atoms with Crippen molar-refractivity contribution >= 4 is 17.7 Å². The van der Waals surface area contributed by atoms with Crippen molar-refractivity contribution in [1.29, 1.82) is 0 Å². The molecule has 0 aliphatic heterocycles. The molecule has 1 aliphatic carbocycles. The molecule has 1 heterocycles.